The molecule has 1 aromatic rings. The van der Waals surface area contributed by atoms with E-state index in [2.05, 4.69) is 20.9 Å². The van der Waals surface area contributed by atoms with Gasteiger partial charge in [-0.15, -0.1) is 11.8 Å². The van der Waals surface area contributed by atoms with Crippen LogP contribution in [0.5, 0.6) is 0 Å². The highest BCUT2D eigenvalue weighted by Crippen LogP contribution is 2.29. The quantitative estimate of drug-likeness (QED) is 0.509. The highest BCUT2D eigenvalue weighted by molar-refractivity contribution is 9.10. The number of nitro groups is 1. The second-order valence-electron chi connectivity index (χ2n) is 3.29. The molecule has 1 rings (SSSR count). The average Bonchev–Trinajstić information content (AvgIpc) is 2.26. The van der Waals surface area contributed by atoms with Gasteiger partial charge in [0.05, 0.1) is 15.3 Å². The van der Waals surface area contributed by atoms with Gasteiger partial charge in [-0.2, -0.15) is 0 Å². The van der Waals surface area contributed by atoms with E-state index in [0.717, 1.165) is 6.20 Å². The maximum Gasteiger partial charge on any atom is 0.307 e. The van der Waals surface area contributed by atoms with E-state index in [1.54, 1.807) is 6.92 Å². The number of nitrogens with zero attached hydrogens (tertiary/aromatic N) is 2. The topological polar surface area (TPSA) is 93.3 Å². The summed E-state index contributed by atoms with van der Waals surface area (Å²) in [6.45, 7) is 1.59. The summed E-state index contributed by atoms with van der Waals surface area (Å²) < 4.78 is 0.495. The first-order chi connectivity index (χ1) is 7.91. The Morgan fingerprint density at radius 2 is 2.41 bits per heavy atom. The molecule has 0 spiro atoms. The molecular weight excluding hydrogens is 312 g/mol. The zero-order chi connectivity index (χ0) is 13.0. The Balaban J connectivity index is 2.73. The van der Waals surface area contributed by atoms with Crippen LogP contribution < -0.4 is 0 Å². The summed E-state index contributed by atoms with van der Waals surface area (Å²) in [7, 11) is 0. The van der Waals surface area contributed by atoms with Crippen molar-refractivity contribution in [2.24, 2.45) is 5.92 Å². The fraction of sp³-hybridized carbons (Fsp3) is 0.333. The number of rotatable bonds is 5. The van der Waals surface area contributed by atoms with Crippen molar-refractivity contribution in [1.82, 2.24) is 4.98 Å². The van der Waals surface area contributed by atoms with Crippen molar-refractivity contribution in [2.75, 3.05) is 5.75 Å². The monoisotopic (exact) mass is 320 g/mol. The van der Waals surface area contributed by atoms with Crippen LogP contribution in [0.4, 0.5) is 5.69 Å². The lowest BCUT2D eigenvalue weighted by atomic mass is 10.2. The third-order valence-corrected chi connectivity index (χ3v) is 4.03. The molecule has 8 heteroatoms. The SMILES string of the molecule is CC(CSc1ncc([N+](=O)[O-])cc1Br)C(=O)O. The van der Waals surface area contributed by atoms with Crippen molar-refractivity contribution in [1.29, 1.82) is 0 Å². The minimum Gasteiger partial charge on any atom is -0.481 e. The number of aliphatic carboxylic acids is 1. The molecule has 1 heterocycles. The van der Waals surface area contributed by atoms with Gasteiger partial charge in [0, 0.05) is 11.8 Å². The Labute approximate surface area is 110 Å². The standard InChI is InChI=1S/C9H9BrN2O4S/c1-5(9(13)14)4-17-8-7(10)2-6(3-11-8)12(15)16/h2-3,5H,4H2,1H3,(H,13,14). The van der Waals surface area contributed by atoms with E-state index in [1.165, 1.54) is 17.8 Å². The molecule has 0 amide bonds. The van der Waals surface area contributed by atoms with Crippen molar-refractivity contribution < 1.29 is 14.8 Å². The lowest BCUT2D eigenvalue weighted by Crippen LogP contribution is -2.11. The van der Waals surface area contributed by atoms with Gasteiger partial charge in [0.2, 0.25) is 0 Å². The van der Waals surface area contributed by atoms with Gasteiger partial charge in [0.25, 0.3) is 5.69 Å². The molecule has 0 bridgehead atoms. The second-order valence-corrected chi connectivity index (χ2v) is 5.15. The highest BCUT2D eigenvalue weighted by atomic mass is 79.9. The second kappa shape index (κ2) is 5.97. The summed E-state index contributed by atoms with van der Waals surface area (Å²) in [5, 5.41) is 19.7. The van der Waals surface area contributed by atoms with E-state index in [4.69, 9.17) is 5.11 Å². The number of carbonyl (C=O) groups is 1. The number of hydrogen-bond acceptors (Lipinski definition) is 5. The fourth-order valence-electron chi connectivity index (χ4n) is 0.897. The van der Waals surface area contributed by atoms with E-state index < -0.39 is 16.8 Å². The van der Waals surface area contributed by atoms with Crippen molar-refractivity contribution in [2.45, 2.75) is 11.9 Å². The van der Waals surface area contributed by atoms with Crippen LogP contribution in [0.25, 0.3) is 0 Å². The normalized spacial score (nSPS) is 12.1. The molecule has 0 radical (unpaired) electrons. The first kappa shape index (κ1) is 13.9. The smallest absolute Gasteiger partial charge is 0.307 e. The van der Waals surface area contributed by atoms with E-state index >= 15 is 0 Å². The fourth-order valence-corrected chi connectivity index (χ4v) is 2.45. The van der Waals surface area contributed by atoms with Crippen LogP contribution >= 0.6 is 27.7 Å². The maximum absolute atomic E-state index is 10.6. The van der Waals surface area contributed by atoms with Crippen molar-refractivity contribution >= 4 is 39.3 Å². The molecule has 92 valence electrons. The first-order valence-electron chi connectivity index (χ1n) is 4.57. The summed E-state index contributed by atoms with van der Waals surface area (Å²) in [4.78, 5) is 24.5. The van der Waals surface area contributed by atoms with Crippen molar-refractivity contribution in [3.05, 3.63) is 26.9 Å². The molecule has 17 heavy (non-hydrogen) atoms. The van der Waals surface area contributed by atoms with E-state index in [9.17, 15) is 14.9 Å². The van der Waals surface area contributed by atoms with Crippen LogP contribution in [0, 0.1) is 16.0 Å². The first-order valence-corrected chi connectivity index (χ1v) is 6.35. The predicted molar refractivity (Wildman–Crippen MR) is 66.1 cm³/mol. The van der Waals surface area contributed by atoms with Crippen LogP contribution in [0.3, 0.4) is 0 Å². The Kier molecular flexibility index (Phi) is 4.88. The third-order valence-electron chi connectivity index (χ3n) is 1.90. The number of pyridine rings is 1. The molecule has 6 nitrogen and oxygen atoms in total. The predicted octanol–water partition coefficient (Wildman–Crippen LogP) is 2.57. The van der Waals surface area contributed by atoms with Crippen molar-refractivity contribution in [3.8, 4) is 0 Å². The molecule has 1 unspecified atom stereocenters. The minimum absolute atomic E-state index is 0.104. The van der Waals surface area contributed by atoms with Crippen LogP contribution in [0.15, 0.2) is 21.8 Å². The van der Waals surface area contributed by atoms with E-state index in [-0.39, 0.29) is 5.69 Å². The average molecular weight is 321 g/mol. The zero-order valence-corrected chi connectivity index (χ0v) is 11.2. The number of aromatic nitrogens is 1. The van der Waals surface area contributed by atoms with Crippen LogP contribution in [0.1, 0.15) is 6.92 Å². The Hall–Kier alpha value is -1.15. The number of carboxylic acids is 1. The number of thioether (sulfide) groups is 1. The molecule has 0 aromatic carbocycles. The lowest BCUT2D eigenvalue weighted by Gasteiger charge is -2.06. The summed E-state index contributed by atoms with van der Waals surface area (Å²) in [5.41, 5.74) is -0.104. The largest absolute Gasteiger partial charge is 0.481 e. The van der Waals surface area contributed by atoms with Gasteiger partial charge < -0.3 is 5.11 Å². The number of halogens is 1. The summed E-state index contributed by atoms with van der Waals surface area (Å²) in [5.74, 6) is -1.02. The summed E-state index contributed by atoms with van der Waals surface area (Å²) >= 11 is 4.41. The van der Waals surface area contributed by atoms with Gasteiger partial charge in [-0.25, -0.2) is 4.98 Å². The Morgan fingerprint density at radius 1 is 1.76 bits per heavy atom. The molecule has 0 saturated carbocycles. The van der Waals surface area contributed by atoms with Gasteiger partial charge in [0.15, 0.2) is 0 Å². The van der Waals surface area contributed by atoms with Crippen LogP contribution in [-0.2, 0) is 4.79 Å². The van der Waals surface area contributed by atoms with Gasteiger partial charge in [-0.3, -0.25) is 14.9 Å². The molecule has 0 aliphatic rings. The van der Waals surface area contributed by atoms with Gasteiger partial charge >= 0.3 is 5.97 Å². The Bertz CT molecular complexity index is 455. The minimum atomic E-state index is -0.879. The van der Waals surface area contributed by atoms with Gasteiger partial charge in [-0.1, -0.05) is 6.92 Å². The molecule has 1 aromatic heterocycles. The maximum atomic E-state index is 10.6. The number of hydrogen-bond donors (Lipinski definition) is 1. The summed E-state index contributed by atoms with van der Waals surface area (Å²) in [6.07, 6.45) is 1.15. The van der Waals surface area contributed by atoms with Gasteiger partial charge in [0.1, 0.15) is 11.2 Å². The highest BCUT2D eigenvalue weighted by Gasteiger charge is 2.15. The van der Waals surface area contributed by atoms with E-state index in [0.29, 0.717) is 15.3 Å². The summed E-state index contributed by atoms with van der Waals surface area (Å²) in [6, 6.07) is 1.35. The molecular formula is C9H9BrN2O4S. The number of carboxylic acid groups (broad SMARTS) is 1. The zero-order valence-electron chi connectivity index (χ0n) is 8.79. The molecule has 0 saturated heterocycles. The van der Waals surface area contributed by atoms with Crippen LogP contribution in [-0.4, -0.2) is 26.7 Å². The Morgan fingerprint density at radius 3 is 2.88 bits per heavy atom. The molecule has 0 aliphatic heterocycles. The van der Waals surface area contributed by atoms with Crippen LogP contribution in [0.2, 0.25) is 0 Å². The molecule has 1 N–H and O–H groups in total. The van der Waals surface area contributed by atoms with E-state index in [1.807, 2.05) is 0 Å². The lowest BCUT2D eigenvalue weighted by molar-refractivity contribution is -0.385. The molecule has 1 atom stereocenters. The van der Waals surface area contributed by atoms with Crippen molar-refractivity contribution in [3.63, 3.8) is 0 Å². The van der Waals surface area contributed by atoms with Gasteiger partial charge in [-0.05, 0) is 15.9 Å². The molecule has 0 fully saturated rings. The molecule has 0 aliphatic carbocycles. The third kappa shape index (κ3) is 3.97.